The second-order valence-corrected chi connectivity index (χ2v) is 7.38. The van der Waals surface area contributed by atoms with E-state index in [-0.39, 0.29) is 16.5 Å². The second kappa shape index (κ2) is 5.90. The molecule has 108 valence electrons. The van der Waals surface area contributed by atoms with E-state index in [0.29, 0.717) is 5.56 Å². The number of sulfonamides is 1. The van der Waals surface area contributed by atoms with E-state index >= 15 is 0 Å². The number of methoxy groups -OCH3 is 1. The smallest absolute Gasteiger partial charge is 0.252 e. The molecule has 0 aliphatic heterocycles. The minimum atomic E-state index is -3.52. The minimum absolute atomic E-state index is 0.0984. The van der Waals surface area contributed by atoms with Gasteiger partial charge in [0.1, 0.15) is 4.21 Å². The number of nitrogens with zero attached hydrogens (tertiary/aromatic N) is 1. The van der Waals surface area contributed by atoms with Crippen molar-refractivity contribution in [3.8, 4) is 5.75 Å². The number of halogens is 1. The normalized spacial score (nSPS) is 11.8. The summed E-state index contributed by atoms with van der Waals surface area (Å²) < 4.78 is 44.3. The van der Waals surface area contributed by atoms with E-state index in [4.69, 9.17) is 4.74 Å². The summed E-state index contributed by atoms with van der Waals surface area (Å²) >= 11 is 1.15. The van der Waals surface area contributed by atoms with Gasteiger partial charge in [-0.15, -0.1) is 11.3 Å². The van der Waals surface area contributed by atoms with Crippen LogP contribution in [0.1, 0.15) is 5.56 Å². The number of ether oxygens (including phenoxy) is 1. The van der Waals surface area contributed by atoms with Crippen LogP contribution >= 0.6 is 11.3 Å². The Morgan fingerprint density at radius 2 is 2.10 bits per heavy atom. The molecule has 0 amide bonds. The van der Waals surface area contributed by atoms with Gasteiger partial charge in [0, 0.05) is 13.6 Å². The van der Waals surface area contributed by atoms with Crippen LogP contribution in [0.15, 0.2) is 39.9 Å². The summed E-state index contributed by atoms with van der Waals surface area (Å²) in [7, 11) is -0.674. The highest BCUT2D eigenvalue weighted by Gasteiger charge is 2.22. The molecule has 0 atom stereocenters. The van der Waals surface area contributed by atoms with E-state index < -0.39 is 15.8 Å². The SMILES string of the molecule is COc1ccc(CN(C)S(=O)(=O)c2cccs2)cc1F. The van der Waals surface area contributed by atoms with Crippen molar-refractivity contribution < 1.29 is 17.5 Å². The Balaban J connectivity index is 2.20. The largest absolute Gasteiger partial charge is 0.494 e. The van der Waals surface area contributed by atoms with Crippen LogP contribution in [-0.2, 0) is 16.6 Å². The predicted molar refractivity (Wildman–Crippen MR) is 75.9 cm³/mol. The van der Waals surface area contributed by atoms with Crippen LogP contribution < -0.4 is 4.74 Å². The first-order valence-corrected chi connectivity index (χ1v) is 8.09. The van der Waals surface area contributed by atoms with Crippen molar-refractivity contribution in [3.05, 3.63) is 47.1 Å². The van der Waals surface area contributed by atoms with Crippen LogP contribution in [0.5, 0.6) is 5.75 Å². The van der Waals surface area contributed by atoms with Crippen molar-refractivity contribution in [2.75, 3.05) is 14.2 Å². The Bertz CT molecular complexity index is 684. The fourth-order valence-electron chi connectivity index (χ4n) is 1.71. The lowest BCUT2D eigenvalue weighted by atomic mass is 10.2. The molecule has 0 aliphatic carbocycles. The van der Waals surface area contributed by atoms with Crippen LogP contribution in [0, 0.1) is 5.82 Å². The molecule has 2 rings (SSSR count). The fraction of sp³-hybridized carbons (Fsp3) is 0.231. The fourth-order valence-corrected chi connectivity index (χ4v) is 4.07. The monoisotopic (exact) mass is 315 g/mol. The molecule has 20 heavy (non-hydrogen) atoms. The third-order valence-electron chi connectivity index (χ3n) is 2.78. The minimum Gasteiger partial charge on any atom is -0.494 e. The van der Waals surface area contributed by atoms with Crippen LogP contribution in [0.25, 0.3) is 0 Å². The summed E-state index contributed by atoms with van der Waals surface area (Å²) in [4.78, 5) is 0. The molecule has 0 saturated heterocycles. The summed E-state index contributed by atoms with van der Waals surface area (Å²) in [6, 6.07) is 7.63. The van der Waals surface area contributed by atoms with E-state index in [2.05, 4.69) is 0 Å². The van der Waals surface area contributed by atoms with Crippen molar-refractivity contribution in [1.82, 2.24) is 4.31 Å². The topological polar surface area (TPSA) is 46.6 Å². The van der Waals surface area contributed by atoms with Crippen LogP contribution in [0.2, 0.25) is 0 Å². The molecule has 1 heterocycles. The Labute approximate surface area is 121 Å². The second-order valence-electron chi connectivity index (χ2n) is 4.16. The lowest BCUT2D eigenvalue weighted by molar-refractivity contribution is 0.385. The molecular formula is C13H14FNO3S2. The first-order valence-electron chi connectivity index (χ1n) is 5.77. The van der Waals surface area contributed by atoms with Gasteiger partial charge in [0.05, 0.1) is 7.11 Å². The lowest BCUT2D eigenvalue weighted by Crippen LogP contribution is -2.25. The molecule has 1 aromatic heterocycles. The van der Waals surface area contributed by atoms with Gasteiger partial charge in [0.15, 0.2) is 11.6 Å². The molecule has 4 nitrogen and oxygen atoms in total. The maximum absolute atomic E-state index is 13.6. The summed E-state index contributed by atoms with van der Waals surface area (Å²) in [5.41, 5.74) is 0.561. The van der Waals surface area contributed by atoms with Crippen molar-refractivity contribution in [2.24, 2.45) is 0 Å². The summed E-state index contributed by atoms with van der Waals surface area (Å²) in [6.45, 7) is 0.0984. The quantitative estimate of drug-likeness (QED) is 0.852. The molecule has 0 unspecified atom stereocenters. The van der Waals surface area contributed by atoms with Gasteiger partial charge < -0.3 is 4.74 Å². The number of thiophene rings is 1. The molecule has 0 saturated carbocycles. The molecular weight excluding hydrogens is 301 g/mol. The standard InChI is InChI=1S/C13H14FNO3S2/c1-15(20(16,17)13-4-3-7-19-13)9-10-5-6-12(18-2)11(14)8-10/h3-8H,9H2,1-2H3. The molecule has 0 radical (unpaired) electrons. The van der Waals surface area contributed by atoms with Crippen molar-refractivity contribution in [2.45, 2.75) is 10.8 Å². The number of benzene rings is 1. The Morgan fingerprint density at radius 1 is 1.35 bits per heavy atom. The first-order chi connectivity index (χ1) is 9.45. The molecule has 7 heteroatoms. The number of hydrogen-bond acceptors (Lipinski definition) is 4. The first kappa shape index (κ1) is 15.0. The molecule has 0 spiro atoms. The van der Waals surface area contributed by atoms with E-state index in [1.807, 2.05) is 0 Å². The van der Waals surface area contributed by atoms with Crippen molar-refractivity contribution in [3.63, 3.8) is 0 Å². The lowest BCUT2D eigenvalue weighted by Gasteiger charge is -2.16. The van der Waals surface area contributed by atoms with E-state index in [1.54, 1.807) is 23.6 Å². The highest BCUT2D eigenvalue weighted by molar-refractivity contribution is 7.91. The summed E-state index contributed by atoms with van der Waals surface area (Å²) in [6.07, 6.45) is 0. The maximum atomic E-state index is 13.6. The predicted octanol–water partition coefficient (Wildman–Crippen LogP) is 2.72. The molecule has 0 aliphatic rings. The van der Waals surface area contributed by atoms with Crippen molar-refractivity contribution in [1.29, 1.82) is 0 Å². The van der Waals surface area contributed by atoms with Gasteiger partial charge in [-0.3, -0.25) is 0 Å². The van der Waals surface area contributed by atoms with Gasteiger partial charge in [0.25, 0.3) is 10.0 Å². The molecule has 0 fully saturated rings. The van der Waals surface area contributed by atoms with E-state index in [9.17, 15) is 12.8 Å². The Kier molecular flexibility index (Phi) is 4.42. The van der Waals surface area contributed by atoms with Gasteiger partial charge in [0.2, 0.25) is 0 Å². The third-order valence-corrected chi connectivity index (χ3v) is 5.96. The summed E-state index contributed by atoms with van der Waals surface area (Å²) in [5.74, 6) is -0.371. The van der Waals surface area contributed by atoms with E-state index in [0.717, 1.165) is 11.3 Å². The molecule has 1 aromatic carbocycles. The van der Waals surface area contributed by atoms with Gasteiger partial charge in [-0.25, -0.2) is 12.8 Å². The number of hydrogen-bond donors (Lipinski definition) is 0. The van der Waals surface area contributed by atoms with Crippen LogP contribution in [-0.4, -0.2) is 26.9 Å². The highest BCUT2D eigenvalue weighted by atomic mass is 32.2. The molecule has 2 aromatic rings. The van der Waals surface area contributed by atoms with Gasteiger partial charge in [-0.05, 0) is 29.1 Å². The molecule has 0 N–H and O–H groups in total. The van der Waals surface area contributed by atoms with Crippen LogP contribution in [0.4, 0.5) is 4.39 Å². The Hall–Kier alpha value is -1.44. The average molecular weight is 315 g/mol. The zero-order chi connectivity index (χ0) is 14.8. The zero-order valence-electron chi connectivity index (χ0n) is 11.0. The van der Waals surface area contributed by atoms with Crippen LogP contribution in [0.3, 0.4) is 0 Å². The number of rotatable bonds is 5. The zero-order valence-corrected chi connectivity index (χ0v) is 12.7. The maximum Gasteiger partial charge on any atom is 0.252 e. The highest BCUT2D eigenvalue weighted by Crippen LogP contribution is 2.23. The summed E-state index contributed by atoms with van der Waals surface area (Å²) in [5, 5.41) is 1.70. The van der Waals surface area contributed by atoms with Gasteiger partial charge >= 0.3 is 0 Å². The average Bonchev–Trinajstić information content (AvgIpc) is 2.93. The van der Waals surface area contributed by atoms with Gasteiger partial charge in [-0.2, -0.15) is 4.31 Å². The van der Waals surface area contributed by atoms with Gasteiger partial charge in [-0.1, -0.05) is 12.1 Å². The Morgan fingerprint density at radius 3 is 2.65 bits per heavy atom. The molecule has 0 bridgehead atoms. The van der Waals surface area contributed by atoms with Crippen molar-refractivity contribution >= 4 is 21.4 Å². The van der Waals surface area contributed by atoms with E-state index in [1.165, 1.54) is 30.6 Å². The third kappa shape index (κ3) is 3.00.